The SMILES string of the molecule is CC[C@@H](C)N(Cc1ccc(OS(=O)(=O)CC)cc1)C(=O)Nc1cccc(OC)c1. The van der Waals surface area contributed by atoms with E-state index in [2.05, 4.69) is 5.32 Å². The molecule has 0 heterocycles. The smallest absolute Gasteiger partial charge is 0.322 e. The van der Waals surface area contributed by atoms with Gasteiger partial charge >= 0.3 is 16.1 Å². The first-order valence-electron chi connectivity index (χ1n) is 9.50. The summed E-state index contributed by atoms with van der Waals surface area (Å²) in [6.07, 6.45) is 0.793. The fraction of sp³-hybridized carbons (Fsp3) is 0.381. The molecule has 29 heavy (non-hydrogen) atoms. The Morgan fingerprint density at radius 3 is 2.38 bits per heavy atom. The van der Waals surface area contributed by atoms with Crippen molar-refractivity contribution in [3.8, 4) is 11.5 Å². The van der Waals surface area contributed by atoms with Crippen LogP contribution in [-0.4, -0.2) is 38.3 Å². The zero-order valence-corrected chi connectivity index (χ0v) is 18.0. The van der Waals surface area contributed by atoms with Gasteiger partial charge in [-0.25, -0.2) is 4.79 Å². The van der Waals surface area contributed by atoms with Gasteiger partial charge in [0, 0.05) is 24.3 Å². The van der Waals surface area contributed by atoms with Gasteiger partial charge in [0.2, 0.25) is 0 Å². The first-order chi connectivity index (χ1) is 13.8. The number of nitrogens with one attached hydrogen (secondary N) is 1. The summed E-state index contributed by atoms with van der Waals surface area (Å²) in [6.45, 7) is 5.90. The maximum Gasteiger partial charge on any atom is 0.322 e. The van der Waals surface area contributed by atoms with E-state index in [1.165, 1.54) is 6.92 Å². The van der Waals surface area contributed by atoms with E-state index in [-0.39, 0.29) is 23.6 Å². The van der Waals surface area contributed by atoms with Crippen LogP contribution in [0.2, 0.25) is 0 Å². The molecule has 0 aliphatic heterocycles. The van der Waals surface area contributed by atoms with Crippen molar-refractivity contribution < 1.29 is 22.1 Å². The third-order valence-electron chi connectivity index (χ3n) is 4.56. The molecule has 0 saturated carbocycles. The number of urea groups is 1. The van der Waals surface area contributed by atoms with Crippen LogP contribution in [0.3, 0.4) is 0 Å². The number of carbonyl (C=O) groups is 1. The molecule has 0 aliphatic carbocycles. The third kappa shape index (κ3) is 6.67. The van der Waals surface area contributed by atoms with Gasteiger partial charge in [0.25, 0.3) is 0 Å². The van der Waals surface area contributed by atoms with Gasteiger partial charge in [-0.1, -0.05) is 25.1 Å². The quantitative estimate of drug-likeness (QED) is 0.613. The maximum atomic E-state index is 12.9. The van der Waals surface area contributed by atoms with Crippen LogP contribution >= 0.6 is 0 Å². The van der Waals surface area contributed by atoms with Crippen molar-refractivity contribution in [2.45, 2.75) is 39.8 Å². The Balaban J connectivity index is 2.12. The van der Waals surface area contributed by atoms with Crippen LogP contribution in [0.15, 0.2) is 48.5 Å². The van der Waals surface area contributed by atoms with Gasteiger partial charge in [-0.05, 0) is 50.1 Å². The summed E-state index contributed by atoms with van der Waals surface area (Å²) < 4.78 is 33.3. The fourth-order valence-electron chi connectivity index (χ4n) is 2.60. The van der Waals surface area contributed by atoms with Crippen molar-refractivity contribution in [3.63, 3.8) is 0 Å². The van der Waals surface area contributed by atoms with Crippen LogP contribution in [0, 0.1) is 0 Å². The highest BCUT2D eigenvalue weighted by atomic mass is 32.2. The number of methoxy groups -OCH3 is 1. The van der Waals surface area contributed by atoms with Crippen molar-refractivity contribution in [2.24, 2.45) is 0 Å². The predicted molar refractivity (Wildman–Crippen MR) is 114 cm³/mol. The molecule has 0 aromatic heterocycles. The lowest BCUT2D eigenvalue weighted by Gasteiger charge is -2.29. The molecule has 0 spiro atoms. The summed E-state index contributed by atoms with van der Waals surface area (Å²) in [6, 6.07) is 13.7. The van der Waals surface area contributed by atoms with Gasteiger partial charge < -0.3 is 19.1 Å². The summed E-state index contributed by atoms with van der Waals surface area (Å²) in [5.74, 6) is 0.822. The van der Waals surface area contributed by atoms with Crippen molar-refractivity contribution in [3.05, 3.63) is 54.1 Å². The molecule has 0 radical (unpaired) electrons. The van der Waals surface area contributed by atoms with E-state index in [1.54, 1.807) is 48.4 Å². The standard InChI is InChI=1S/C21H28N2O5S/c1-5-16(3)23(21(24)22-18-8-7-9-20(14-18)27-4)15-17-10-12-19(13-11-17)28-29(25,26)6-2/h7-14,16H,5-6,15H2,1-4H3,(H,22,24)/t16-/m1/s1. The number of hydrogen-bond acceptors (Lipinski definition) is 5. The molecule has 158 valence electrons. The van der Waals surface area contributed by atoms with Gasteiger partial charge in [-0.2, -0.15) is 8.42 Å². The fourth-order valence-corrected chi connectivity index (χ4v) is 3.12. The Labute approximate surface area is 172 Å². The largest absolute Gasteiger partial charge is 0.497 e. The van der Waals surface area contributed by atoms with E-state index >= 15 is 0 Å². The van der Waals surface area contributed by atoms with Crippen LogP contribution in [0.4, 0.5) is 10.5 Å². The Morgan fingerprint density at radius 1 is 1.10 bits per heavy atom. The van der Waals surface area contributed by atoms with Crippen molar-refractivity contribution >= 4 is 21.8 Å². The number of rotatable bonds is 9. The minimum absolute atomic E-state index is 0.0111. The van der Waals surface area contributed by atoms with E-state index in [4.69, 9.17) is 8.92 Å². The van der Waals surface area contributed by atoms with E-state index in [0.29, 0.717) is 18.0 Å². The lowest BCUT2D eigenvalue weighted by Crippen LogP contribution is -2.40. The minimum Gasteiger partial charge on any atom is -0.497 e. The second-order valence-corrected chi connectivity index (χ2v) is 8.48. The first kappa shape index (κ1) is 22.5. The molecule has 2 rings (SSSR count). The molecule has 0 fully saturated rings. The topological polar surface area (TPSA) is 84.9 Å². The lowest BCUT2D eigenvalue weighted by molar-refractivity contribution is 0.187. The third-order valence-corrected chi connectivity index (χ3v) is 5.71. The van der Waals surface area contributed by atoms with E-state index in [0.717, 1.165) is 12.0 Å². The highest BCUT2D eigenvalue weighted by Gasteiger charge is 2.20. The van der Waals surface area contributed by atoms with E-state index in [1.807, 2.05) is 26.0 Å². The zero-order chi connectivity index (χ0) is 21.4. The van der Waals surface area contributed by atoms with Crippen molar-refractivity contribution in [1.82, 2.24) is 4.90 Å². The summed E-state index contributed by atoms with van der Waals surface area (Å²) in [4.78, 5) is 14.6. The van der Waals surface area contributed by atoms with Crippen molar-refractivity contribution in [2.75, 3.05) is 18.2 Å². The Bertz CT molecular complexity index is 913. The second kappa shape index (κ2) is 10.2. The first-order valence-corrected chi connectivity index (χ1v) is 11.1. The molecule has 1 atom stereocenters. The molecule has 7 nitrogen and oxygen atoms in total. The summed E-state index contributed by atoms with van der Waals surface area (Å²) in [7, 11) is -1.99. The van der Waals surface area contributed by atoms with Crippen LogP contribution in [0.1, 0.15) is 32.8 Å². The number of ether oxygens (including phenoxy) is 1. The molecule has 1 N–H and O–H groups in total. The van der Waals surface area contributed by atoms with Crippen LogP contribution in [-0.2, 0) is 16.7 Å². The molecule has 2 amide bonds. The molecule has 0 aliphatic rings. The number of carbonyl (C=O) groups excluding carboxylic acids is 1. The predicted octanol–water partition coefficient (Wildman–Crippen LogP) is 4.26. The Morgan fingerprint density at radius 2 is 1.79 bits per heavy atom. The Kier molecular flexibility index (Phi) is 7.90. The van der Waals surface area contributed by atoms with E-state index < -0.39 is 10.1 Å². The average Bonchev–Trinajstić information content (AvgIpc) is 2.72. The average molecular weight is 421 g/mol. The summed E-state index contributed by atoms with van der Waals surface area (Å²) in [5, 5.41) is 2.91. The second-order valence-electron chi connectivity index (χ2n) is 6.62. The van der Waals surface area contributed by atoms with Gasteiger partial charge in [0.1, 0.15) is 11.5 Å². The van der Waals surface area contributed by atoms with Gasteiger partial charge in [0.15, 0.2) is 0 Å². The number of hydrogen-bond donors (Lipinski definition) is 1. The van der Waals surface area contributed by atoms with Gasteiger partial charge in [-0.3, -0.25) is 0 Å². The molecular formula is C21H28N2O5S. The van der Waals surface area contributed by atoms with Gasteiger partial charge in [-0.15, -0.1) is 0 Å². The van der Waals surface area contributed by atoms with Crippen LogP contribution in [0.25, 0.3) is 0 Å². The zero-order valence-electron chi connectivity index (χ0n) is 17.2. The number of amides is 2. The lowest BCUT2D eigenvalue weighted by atomic mass is 10.1. The minimum atomic E-state index is -3.56. The van der Waals surface area contributed by atoms with Crippen molar-refractivity contribution in [1.29, 1.82) is 0 Å². The maximum absolute atomic E-state index is 12.9. The highest BCUT2D eigenvalue weighted by molar-refractivity contribution is 7.87. The molecule has 0 bridgehead atoms. The highest BCUT2D eigenvalue weighted by Crippen LogP contribution is 2.20. The molecule has 2 aromatic rings. The number of benzene rings is 2. The molecule has 8 heteroatoms. The molecule has 0 unspecified atom stereocenters. The monoisotopic (exact) mass is 420 g/mol. The van der Waals surface area contributed by atoms with Crippen LogP contribution < -0.4 is 14.2 Å². The van der Waals surface area contributed by atoms with E-state index in [9.17, 15) is 13.2 Å². The molecule has 0 saturated heterocycles. The molecular weight excluding hydrogens is 392 g/mol. The number of anilines is 1. The number of nitrogens with zero attached hydrogens (tertiary/aromatic N) is 1. The Hall–Kier alpha value is -2.74. The van der Waals surface area contributed by atoms with Crippen LogP contribution in [0.5, 0.6) is 11.5 Å². The van der Waals surface area contributed by atoms with Gasteiger partial charge in [0.05, 0.1) is 12.9 Å². The summed E-state index contributed by atoms with van der Waals surface area (Å²) >= 11 is 0. The molecule has 2 aromatic carbocycles. The normalized spacial score (nSPS) is 12.1. The summed E-state index contributed by atoms with van der Waals surface area (Å²) in [5.41, 5.74) is 1.52.